The highest BCUT2D eigenvalue weighted by Crippen LogP contribution is 2.49. The molecule has 0 bridgehead atoms. The van der Waals surface area contributed by atoms with Gasteiger partial charge in [0.1, 0.15) is 5.75 Å². The molecule has 0 amide bonds. The summed E-state index contributed by atoms with van der Waals surface area (Å²) in [6.07, 6.45) is 3.70. The Kier molecular flexibility index (Phi) is 3.08. The SMILES string of the molecule is Cc1ccc(C2(c3ccc(O)c(C)c3)CCC2)cc1C. The minimum atomic E-state index is 0.164. The molecule has 1 saturated carbocycles. The Bertz CT molecular complexity index is 597. The van der Waals surface area contributed by atoms with Gasteiger partial charge < -0.3 is 5.11 Å². The molecule has 0 spiro atoms. The molecular weight excluding hydrogens is 244 g/mol. The Labute approximate surface area is 121 Å². The second-order valence-electron chi connectivity index (χ2n) is 6.24. The van der Waals surface area contributed by atoms with Crippen LogP contribution in [0.3, 0.4) is 0 Å². The molecule has 1 nitrogen and oxygen atoms in total. The van der Waals surface area contributed by atoms with E-state index in [0.29, 0.717) is 5.75 Å². The van der Waals surface area contributed by atoms with Gasteiger partial charge in [-0.05, 0) is 67.5 Å². The van der Waals surface area contributed by atoms with Gasteiger partial charge in [0, 0.05) is 5.41 Å². The van der Waals surface area contributed by atoms with Crippen molar-refractivity contribution < 1.29 is 5.11 Å². The number of phenols is 1. The largest absolute Gasteiger partial charge is 0.508 e. The van der Waals surface area contributed by atoms with Crippen LogP contribution in [0.4, 0.5) is 0 Å². The van der Waals surface area contributed by atoms with Gasteiger partial charge >= 0.3 is 0 Å². The summed E-state index contributed by atoms with van der Waals surface area (Å²) >= 11 is 0. The lowest BCUT2D eigenvalue weighted by Gasteiger charge is -2.43. The average molecular weight is 266 g/mol. The Hall–Kier alpha value is -1.76. The van der Waals surface area contributed by atoms with E-state index in [0.717, 1.165) is 5.56 Å². The lowest BCUT2D eigenvalue weighted by molar-refractivity contribution is 0.301. The molecule has 0 atom stereocenters. The van der Waals surface area contributed by atoms with Crippen molar-refractivity contribution in [1.29, 1.82) is 0 Å². The van der Waals surface area contributed by atoms with E-state index >= 15 is 0 Å². The Morgan fingerprint density at radius 2 is 1.40 bits per heavy atom. The standard InChI is InChI=1S/C19H22O/c1-13-5-6-16(11-14(13)2)19(9-4-10-19)17-7-8-18(20)15(3)12-17/h5-8,11-12,20H,4,9-10H2,1-3H3. The van der Waals surface area contributed by atoms with Gasteiger partial charge in [-0.1, -0.05) is 36.8 Å². The minimum Gasteiger partial charge on any atom is -0.508 e. The molecular formula is C19H22O. The predicted molar refractivity (Wildman–Crippen MR) is 83.4 cm³/mol. The molecule has 1 aliphatic rings. The van der Waals surface area contributed by atoms with Crippen LogP contribution in [0.2, 0.25) is 0 Å². The fourth-order valence-corrected chi connectivity index (χ4v) is 3.27. The van der Waals surface area contributed by atoms with E-state index < -0.39 is 0 Å². The van der Waals surface area contributed by atoms with Crippen LogP contribution in [0.1, 0.15) is 47.1 Å². The van der Waals surface area contributed by atoms with Crippen molar-refractivity contribution in [3.05, 3.63) is 64.2 Å². The first-order valence-corrected chi connectivity index (χ1v) is 7.41. The van der Waals surface area contributed by atoms with E-state index in [1.807, 2.05) is 13.0 Å². The molecule has 0 aliphatic heterocycles. The summed E-state index contributed by atoms with van der Waals surface area (Å²) < 4.78 is 0. The maximum atomic E-state index is 9.75. The fourth-order valence-electron chi connectivity index (χ4n) is 3.27. The van der Waals surface area contributed by atoms with E-state index in [1.54, 1.807) is 0 Å². The molecule has 0 radical (unpaired) electrons. The zero-order valence-electron chi connectivity index (χ0n) is 12.5. The highest BCUT2D eigenvalue weighted by atomic mass is 16.3. The van der Waals surface area contributed by atoms with Crippen LogP contribution in [-0.2, 0) is 5.41 Å². The number of rotatable bonds is 2. The topological polar surface area (TPSA) is 20.2 Å². The van der Waals surface area contributed by atoms with Crippen molar-refractivity contribution in [2.45, 2.75) is 45.4 Å². The molecule has 3 rings (SSSR count). The van der Waals surface area contributed by atoms with Crippen molar-refractivity contribution in [3.8, 4) is 5.75 Å². The number of aromatic hydroxyl groups is 1. The van der Waals surface area contributed by atoms with Crippen LogP contribution in [0, 0.1) is 20.8 Å². The van der Waals surface area contributed by atoms with Gasteiger partial charge in [-0.15, -0.1) is 0 Å². The van der Waals surface area contributed by atoms with Gasteiger partial charge in [0.15, 0.2) is 0 Å². The molecule has 0 saturated heterocycles. The maximum Gasteiger partial charge on any atom is 0.118 e. The smallest absolute Gasteiger partial charge is 0.118 e. The number of benzene rings is 2. The van der Waals surface area contributed by atoms with E-state index in [-0.39, 0.29) is 5.41 Å². The first kappa shape index (κ1) is 13.2. The van der Waals surface area contributed by atoms with Crippen molar-refractivity contribution in [2.75, 3.05) is 0 Å². The molecule has 1 N–H and O–H groups in total. The second-order valence-corrected chi connectivity index (χ2v) is 6.24. The molecule has 1 fully saturated rings. The molecule has 0 unspecified atom stereocenters. The number of phenolic OH excluding ortho intramolecular Hbond substituents is 1. The summed E-state index contributed by atoms with van der Waals surface area (Å²) in [5, 5.41) is 9.75. The summed E-state index contributed by atoms with van der Waals surface area (Å²) in [4.78, 5) is 0. The van der Waals surface area contributed by atoms with Gasteiger partial charge in [-0.25, -0.2) is 0 Å². The van der Waals surface area contributed by atoms with Crippen LogP contribution in [0.25, 0.3) is 0 Å². The third-order valence-electron chi connectivity index (χ3n) is 5.02. The van der Waals surface area contributed by atoms with E-state index in [4.69, 9.17) is 0 Å². The lowest BCUT2D eigenvalue weighted by atomic mass is 9.60. The zero-order chi connectivity index (χ0) is 14.3. The van der Waals surface area contributed by atoms with Gasteiger partial charge in [0.05, 0.1) is 0 Å². The second kappa shape index (κ2) is 4.66. The van der Waals surface area contributed by atoms with Crippen LogP contribution in [0.15, 0.2) is 36.4 Å². The molecule has 1 aliphatic carbocycles. The zero-order valence-corrected chi connectivity index (χ0v) is 12.5. The molecule has 2 aromatic carbocycles. The molecule has 104 valence electrons. The summed E-state index contributed by atoms with van der Waals surface area (Å²) in [5.74, 6) is 0.392. The highest BCUT2D eigenvalue weighted by molar-refractivity contribution is 5.47. The van der Waals surface area contributed by atoms with Gasteiger partial charge in [0.2, 0.25) is 0 Å². The normalized spacial score (nSPS) is 16.8. The molecule has 0 heterocycles. The Morgan fingerprint density at radius 3 is 1.90 bits per heavy atom. The van der Waals surface area contributed by atoms with Crippen LogP contribution < -0.4 is 0 Å². The quantitative estimate of drug-likeness (QED) is 0.828. The minimum absolute atomic E-state index is 0.164. The third-order valence-corrected chi connectivity index (χ3v) is 5.02. The highest BCUT2D eigenvalue weighted by Gasteiger charge is 2.40. The van der Waals surface area contributed by atoms with Crippen LogP contribution in [0.5, 0.6) is 5.75 Å². The van der Waals surface area contributed by atoms with Gasteiger partial charge in [0.25, 0.3) is 0 Å². The van der Waals surface area contributed by atoms with Crippen molar-refractivity contribution >= 4 is 0 Å². The van der Waals surface area contributed by atoms with Crippen LogP contribution >= 0.6 is 0 Å². The Morgan fingerprint density at radius 1 is 0.800 bits per heavy atom. The first-order valence-electron chi connectivity index (χ1n) is 7.41. The van der Waals surface area contributed by atoms with Gasteiger partial charge in [-0.2, -0.15) is 0 Å². The van der Waals surface area contributed by atoms with E-state index in [9.17, 15) is 5.11 Å². The number of hydrogen-bond acceptors (Lipinski definition) is 1. The third kappa shape index (κ3) is 1.93. The molecule has 1 heteroatoms. The molecule has 2 aromatic rings. The van der Waals surface area contributed by atoms with Crippen molar-refractivity contribution in [3.63, 3.8) is 0 Å². The van der Waals surface area contributed by atoms with E-state index in [1.165, 1.54) is 41.5 Å². The van der Waals surface area contributed by atoms with Crippen LogP contribution in [-0.4, -0.2) is 5.11 Å². The first-order chi connectivity index (χ1) is 9.53. The predicted octanol–water partition coefficient (Wildman–Crippen LogP) is 4.79. The number of hydrogen-bond donors (Lipinski definition) is 1. The van der Waals surface area contributed by atoms with Crippen molar-refractivity contribution in [1.82, 2.24) is 0 Å². The summed E-state index contributed by atoms with van der Waals surface area (Å²) in [5.41, 5.74) is 6.63. The molecule has 0 aromatic heterocycles. The summed E-state index contributed by atoms with van der Waals surface area (Å²) in [7, 11) is 0. The fraction of sp³-hybridized carbons (Fsp3) is 0.368. The molecule has 20 heavy (non-hydrogen) atoms. The van der Waals surface area contributed by atoms with E-state index in [2.05, 4.69) is 44.2 Å². The van der Waals surface area contributed by atoms with Crippen molar-refractivity contribution in [2.24, 2.45) is 0 Å². The summed E-state index contributed by atoms with van der Waals surface area (Å²) in [6, 6.07) is 12.9. The summed E-state index contributed by atoms with van der Waals surface area (Å²) in [6.45, 7) is 6.33. The maximum absolute atomic E-state index is 9.75. The van der Waals surface area contributed by atoms with Gasteiger partial charge in [-0.3, -0.25) is 0 Å². The average Bonchev–Trinajstić information content (AvgIpc) is 2.36. The Balaban J connectivity index is 2.10. The number of aryl methyl sites for hydroxylation is 3. The lowest BCUT2D eigenvalue weighted by Crippen LogP contribution is -2.35. The monoisotopic (exact) mass is 266 g/mol.